The summed E-state index contributed by atoms with van der Waals surface area (Å²) in [4.78, 5) is 33.9. The van der Waals surface area contributed by atoms with Crippen LogP contribution in [0.5, 0.6) is 11.5 Å². The molecule has 30 heavy (non-hydrogen) atoms. The lowest BCUT2D eigenvalue weighted by Gasteiger charge is -2.18. The number of nitrogens with zero attached hydrogens (tertiary/aromatic N) is 2. The molecular weight excluding hydrogens is 408 g/mol. The monoisotopic (exact) mass is 426 g/mol. The van der Waals surface area contributed by atoms with Crippen molar-refractivity contribution >= 4 is 23.6 Å². The SMILES string of the molecule is CSc1nc(-c2ccco2)nc(C)c1C(=O)NNC(=O)c1ccc2c(c1)OCCO2. The van der Waals surface area contributed by atoms with Crippen LogP contribution < -0.4 is 20.3 Å². The lowest BCUT2D eigenvalue weighted by molar-refractivity contribution is 0.0843. The van der Waals surface area contributed by atoms with Crippen LogP contribution in [0.25, 0.3) is 11.6 Å². The summed E-state index contributed by atoms with van der Waals surface area (Å²) in [5.41, 5.74) is 5.89. The van der Waals surface area contributed by atoms with Crippen LogP contribution in [0.1, 0.15) is 26.4 Å². The van der Waals surface area contributed by atoms with Gasteiger partial charge in [-0.2, -0.15) is 0 Å². The van der Waals surface area contributed by atoms with E-state index in [-0.39, 0.29) is 5.56 Å². The van der Waals surface area contributed by atoms with Gasteiger partial charge in [-0.1, -0.05) is 0 Å². The first-order valence-corrected chi connectivity index (χ1v) is 10.3. The van der Waals surface area contributed by atoms with Crippen LogP contribution in [0.2, 0.25) is 0 Å². The number of aryl methyl sites for hydroxylation is 1. The molecule has 0 unspecified atom stereocenters. The van der Waals surface area contributed by atoms with Gasteiger partial charge in [0.2, 0.25) is 0 Å². The summed E-state index contributed by atoms with van der Waals surface area (Å²) in [5, 5.41) is 0.472. The fourth-order valence-corrected chi connectivity index (χ4v) is 3.53. The normalized spacial score (nSPS) is 12.3. The van der Waals surface area contributed by atoms with E-state index in [1.807, 2.05) is 0 Å². The average molecular weight is 426 g/mol. The fourth-order valence-electron chi connectivity index (χ4n) is 2.90. The van der Waals surface area contributed by atoms with E-state index in [2.05, 4.69) is 20.8 Å². The summed E-state index contributed by atoms with van der Waals surface area (Å²) in [6.45, 7) is 2.58. The molecule has 0 bridgehead atoms. The Kier molecular flexibility index (Phi) is 5.57. The van der Waals surface area contributed by atoms with Crippen molar-refractivity contribution in [1.29, 1.82) is 0 Å². The molecule has 1 aliphatic heterocycles. The number of fused-ring (bicyclic) bond motifs is 1. The summed E-state index contributed by atoms with van der Waals surface area (Å²) < 4.78 is 16.2. The highest BCUT2D eigenvalue weighted by molar-refractivity contribution is 7.98. The van der Waals surface area contributed by atoms with E-state index in [1.54, 1.807) is 43.5 Å². The summed E-state index contributed by atoms with van der Waals surface area (Å²) in [6.07, 6.45) is 3.33. The van der Waals surface area contributed by atoms with Crippen molar-refractivity contribution < 1.29 is 23.5 Å². The topological polar surface area (TPSA) is 116 Å². The number of hydrogen-bond donors (Lipinski definition) is 2. The maximum absolute atomic E-state index is 12.7. The van der Waals surface area contributed by atoms with Crippen LogP contribution in [0.4, 0.5) is 0 Å². The quantitative estimate of drug-likeness (QED) is 0.372. The maximum atomic E-state index is 12.7. The van der Waals surface area contributed by atoms with Crippen molar-refractivity contribution in [3.63, 3.8) is 0 Å². The first-order chi connectivity index (χ1) is 14.6. The van der Waals surface area contributed by atoms with Crippen molar-refractivity contribution in [2.24, 2.45) is 0 Å². The number of carbonyl (C=O) groups is 2. The van der Waals surface area contributed by atoms with Gasteiger partial charge in [0.1, 0.15) is 18.2 Å². The summed E-state index contributed by atoms with van der Waals surface area (Å²) in [6, 6.07) is 8.29. The number of furan rings is 1. The Morgan fingerprint density at radius 2 is 1.80 bits per heavy atom. The highest BCUT2D eigenvalue weighted by Gasteiger charge is 2.21. The van der Waals surface area contributed by atoms with Crippen LogP contribution in [-0.4, -0.2) is 41.3 Å². The molecule has 2 aromatic heterocycles. The first kappa shape index (κ1) is 19.8. The molecular formula is C20H18N4O5S. The van der Waals surface area contributed by atoms with Gasteiger partial charge in [0.25, 0.3) is 11.8 Å². The summed E-state index contributed by atoms with van der Waals surface area (Å²) >= 11 is 1.30. The number of hydrogen-bond acceptors (Lipinski definition) is 8. The van der Waals surface area contributed by atoms with Gasteiger partial charge in [-0.25, -0.2) is 9.97 Å². The number of nitrogens with one attached hydrogen (secondary N) is 2. The average Bonchev–Trinajstić information content (AvgIpc) is 3.31. The van der Waals surface area contributed by atoms with Gasteiger partial charge in [-0.05, 0) is 43.5 Å². The molecule has 2 amide bonds. The molecule has 0 radical (unpaired) electrons. The minimum Gasteiger partial charge on any atom is -0.486 e. The maximum Gasteiger partial charge on any atom is 0.274 e. The van der Waals surface area contributed by atoms with Crippen LogP contribution in [-0.2, 0) is 0 Å². The number of carbonyl (C=O) groups excluding carboxylic acids is 2. The molecule has 1 aliphatic rings. The van der Waals surface area contributed by atoms with E-state index in [9.17, 15) is 9.59 Å². The Hall–Kier alpha value is -3.53. The Labute approximate surface area is 176 Å². The largest absolute Gasteiger partial charge is 0.486 e. The third-order valence-electron chi connectivity index (χ3n) is 4.31. The molecule has 0 saturated heterocycles. The van der Waals surface area contributed by atoms with E-state index in [1.165, 1.54) is 18.0 Å². The molecule has 9 nitrogen and oxygen atoms in total. The summed E-state index contributed by atoms with van der Waals surface area (Å²) in [5.74, 6) is 0.954. The second-order valence-corrected chi connectivity index (χ2v) is 7.06. The van der Waals surface area contributed by atoms with Gasteiger partial charge in [0.05, 0.1) is 17.5 Å². The zero-order valence-corrected chi connectivity index (χ0v) is 17.0. The van der Waals surface area contributed by atoms with E-state index >= 15 is 0 Å². The Morgan fingerprint density at radius 1 is 1.03 bits per heavy atom. The molecule has 0 saturated carbocycles. The number of hydrazine groups is 1. The minimum absolute atomic E-state index is 0.278. The van der Waals surface area contributed by atoms with Gasteiger partial charge >= 0.3 is 0 Å². The van der Waals surface area contributed by atoms with Gasteiger partial charge in [0.15, 0.2) is 23.1 Å². The Balaban J connectivity index is 1.49. The number of rotatable bonds is 4. The number of thioether (sulfide) groups is 1. The van der Waals surface area contributed by atoms with Crippen LogP contribution in [0, 0.1) is 6.92 Å². The molecule has 0 aliphatic carbocycles. The van der Waals surface area contributed by atoms with Crippen molar-refractivity contribution in [2.75, 3.05) is 19.5 Å². The highest BCUT2D eigenvalue weighted by Crippen LogP contribution is 2.30. The van der Waals surface area contributed by atoms with Crippen LogP contribution in [0.3, 0.4) is 0 Å². The molecule has 0 fully saturated rings. The third-order valence-corrected chi connectivity index (χ3v) is 4.99. The number of ether oxygens (including phenoxy) is 2. The zero-order chi connectivity index (χ0) is 21.1. The molecule has 0 atom stereocenters. The second kappa shape index (κ2) is 8.46. The molecule has 2 N–H and O–H groups in total. The van der Waals surface area contributed by atoms with Crippen molar-refractivity contribution in [3.05, 3.63) is 53.4 Å². The van der Waals surface area contributed by atoms with Gasteiger partial charge < -0.3 is 13.9 Å². The number of amides is 2. The van der Waals surface area contributed by atoms with E-state index < -0.39 is 11.8 Å². The molecule has 4 rings (SSSR count). The smallest absolute Gasteiger partial charge is 0.274 e. The minimum atomic E-state index is -0.520. The molecule has 1 aromatic carbocycles. The van der Waals surface area contributed by atoms with Gasteiger partial charge in [0, 0.05) is 5.56 Å². The Morgan fingerprint density at radius 3 is 2.53 bits per heavy atom. The predicted octanol–water partition coefficient (Wildman–Crippen LogP) is 2.61. The van der Waals surface area contributed by atoms with Crippen LogP contribution >= 0.6 is 11.8 Å². The third kappa shape index (κ3) is 3.94. The zero-order valence-electron chi connectivity index (χ0n) is 16.2. The van der Waals surface area contributed by atoms with E-state index in [0.717, 1.165) is 0 Å². The second-order valence-electron chi connectivity index (χ2n) is 6.26. The van der Waals surface area contributed by atoms with Crippen molar-refractivity contribution in [1.82, 2.24) is 20.8 Å². The summed E-state index contributed by atoms with van der Waals surface area (Å²) in [7, 11) is 0. The molecule has 0 spiro atoms. The van der Waals surface area contributed by atoms with E-state index in [4.69, 9.17) is 13.9 Å². The van der Waals surface area contributed by atoms with Gasteiger partial charge in [-0.3, -0.25) is 20.4 Å². The fraction of sp³-hybridized carbons (Fsp3) is 0.200. The Bertz CT molecular complexity index is 1100. The predicted molar refractivity (Wildman–Crippen MR) is 109 cm³/mol. The number of benzene rings is 1. The molecule has 3 aromatic rings. The van der Waals surface area contributed by atoms with Crippen molar-refractivity contribution in [2.45, 2.75) is 11.9 Å². The lowest BCUT2D eigenvalue weighted by Crippen LogP contribution is -2.42. The standard InChI is InChI=1S/C20H18N4O5S/c1-11-16(20(30-2)22-17(21-11)14-4-3-7-27-14)19(26)24-23-18(25)12-5-6-13-15(10-12)29-9-8-28-13/h3-7,10H,8-9H2,1-2H3,(H,23,25)(H,24,26). The van der Waals surface area contributed by atoms with Crippen molar-refractivity contribution in [3.8, 4) is 23.1 Å². The van der Waals surface area contributed by atoms with Crippen LogP contribution in [0.15, 0.2) is 46.0 Å². The lowest BCUT2D eigenvalue weighted by atomic mass is 10.2. The first-order valence-electron chi connectivity index (χ1n) is 9.03. The molecule has 154 valence electrons. The highest BCUT2D eigenvalue weighted by atomic mass is 32.2. The number of aromatic nitrogens is 2. The van der Waals surface area contributed by atoms with Gasteiger partial charge in [-0.15, -0.1) is 11.8 Å². The molecule has 10 heteroatoms. The van der Waals surface area contributed by atoms with E-state index in [0.29, 0.717) is 52.6 Å². The molecule has 3 heterocycles.